The third kappa shape index (κ3) is 4.52. The van der Waals surface area contributed by atoms with E-state index in [2.05, 4.69) is 59.9 Å². The van der Waals surface area contributed by atoms with Crippen molar-refractivity contribution in [3.63, 3.8) is 0 Å². The van der Waals surface area contributed by atoms with Crippen molar-refractivity contribution in [3.05, 3.63) is 43.3 Å². The highest BCUT2D eigenvalue weighted by Crippen LogP contribution is 2.32. The Labute approximate surface area is 121 Å². The fourth-order valence-corrected chi connectivity index (χ4v) is 2.78. The van der Waals surface area contributed by atoms with Crippen molar-refractivity contribution in [1.82, 2.24) is 0 Å². The molecule has 16 heavy (non-hydrogen) atoms. The quantitative estimate of drug-likeness (QED) is 0.377. The van der Waals surface area contributed by atoms with Crippen LogP contribution in [0.3, 0.4) is 0 Å². The van der Waals surface area contributed by atoms with Crippen molar-refractivity contribution in [2.75, 3.05) is 0 Å². The maximum Gasteiger partial charge on any atom is 0.123 e. The van der Waals surface area contributed by atoms with E-state index < -0.39 is 0 Å². The average molecular weight is 411 g/mol. The van der Waals surface area contributed by atoms with E-state index in [4.69, 9.17) is 0 Å². The molecule has 0 aromatic heterocycles. The first-order valence-electron chi connectivity index (χ1n) is 4.87. The van der Waals surface area contributed by atoms with Crippen LogP contribution in [0, 0.1) is 0 Å². The van der Waals surface area contributed by atoms with Crippen LogP contribution < -0.4 is 0 Å². The molecule has 0 aliphatic carbocycles. The van der Waals surface area contributed by atoms with Gasteiger partial charge >= 0.3 is 0 Å². The molecular formula is C12H11Br3O. The second-order valence-corrected chi connectivity index (χ2v) is 5.79. The van der Waals surface area contributed by atoms with Gasteiger partial charge in [0.25, 0.3) is 0 Å². The minimum Gasteiger partial charge on any atom is -0.303 e. The first-order valence-corrected chi connectivity index (χ1v) is 7.25. The molecule has 0 N–H and O–H groups in total. The zero-order valence-corrected chi connectivity index (χ0v) is 13.3. The number of allylic oxidation sites excluding steroid dienone is 2. The molecule has 0 unspecified atom stereocenters. The Morgan fingerprint density at radius 1 is 1.06 bits per heavy atom. The van der Waals surface area contributed by atoms with Crippen molar-refractivity contribution in [1.29, 1.82) is 0 Å². The molecule has 1 rings (SSSR count). The van der Waals surface area contributed by atoms with Gasteiger partial charge in [0.1, 0.15) is 6.29 Å². The van der Waals surface area contributed by atoms with Gasteiger partial charge in [-0.1, -0.05) is 12.2 Å². The molecule has 86 valence electrons. The Balaban J connectivity index is 2.58. The Morgan fingerprint density at radius 3 is 2.25 bits per heavy atom. The lowest BCUT2D eigenvalue weighted by molar-refractivity contribution is -0.107. The Kier molecular flexibility index (Phi) is 6.54. The fourth-order valence-electron chi connectivity index (χ4n) is 1.27. The molecule has 0 saturated heterocycles. The molecule has 1 aromatic carbocycles. The van der Waals surface area contributed by atoms with E-state index in [1.54, 1.807) is 0 Å². The number of carbonyl (C=O) groups is 1. The Bertz CT molecular complexity index is 376. The molecule has 0 amide bonds. The molecule has 0 radical (unpaired) electrons. The first kappa shape index (κ1) is 14.1. The van der Waals surface area contributed by atoms with E-state index in [1.807, 2.05) is 12.2 Å². The van der Waals surface area contributed by atoms with Crippen LogP contribution in [-0.4, -0.2) is 6.29 Å². The monoisotopic (exact) mass is 408 g/mol. The second kappa shape index (κ2) is 7.41. The van der Waals surface area contributed by atoms with Gasteiger partial charge in [-0.3, -0.25) is 0 Å². The predicted octanol–water partition coefficient (Wildman–Crippen LogP) is 5.05. The molecule has 1 aromatic rings. The summed E-state index contributed by atoms with van der Waals surface area (Å²) in [5, 5.41) is 0. The zero-order chi connectivity index (χ0) is 12.0. The van der Waals surface area contributed by atoms with Crippen molar-refractivity contribution in [2.45, 2.75) is 19.3 Å². The van der Waals surface area contributed by atoms with E-state index in [1.165, 1.54) is 5.56 Å². The van der Waals surface area contributed by atoms with E-state index in [0.29, 0.717) is 6.42 Å². The van der Waals surface area contributed by atoms with Gasteiger partial charge in [-0.25, -0.2) is 0 Å². The van der Waals surface area contributed by atoms with Gasteiger partial charge in [0, 0.05) is 19.8 Å². The van der Waals surface area contributed by atoms with Gasteiger partial charge in [0.05, 0.1) is 0 Å². The lowest BCUT2D eigenvalue weighted by atomic mass is 10.1. The summed E-state index contributed by atoms with van der Waals surface area (Å²) in [7, 11) is 0. The standard InChI is InChI=1S/C12H11Br3O/c13-10-7-9(8-11(14)12(10)15)5-3-1-2-4-6-16/h1-2,6-8H,3-5H2/b2-1+. The van der Waals surface area contributed by atoms with Crippen LogP contribution >= 0.6 is 47.8 Å². The maximum atomic E-state index is 10.1. The number of hydrogen-bond donors (Lipinski definition) is 0. The second-order valence-electron chi connectivity index (χ2n) is 3.29. The predicted molar refractivity (Wildman–Crippen MR) is 77.7 cm³/mol. The van der Waals surface area contributed by atoms with Crippen LogP contribution in [0.5, 0.6) is 0 Å². The van der Waals surface area contributed by atoms with Gasteiger partial charge in [0.15, 0.2) is 0 Å². The molecule has 0 saturated carbocycles. The number of halogens is 3. The molecule has 0 fully saturated rings. The van der Waals surface area contributed by atoms with Crippen molar-refractivity contribution < 1.29 is 4.79 Å². The molecule has 0 aliphatic heterocycles. The van der Waals surface area contributed by atoms with Gasteiger partial charge in [-0.05, 0) is 78.3 Å². The molecule has 0 spiro atoms. The average Bonchev–Trinajstić information content (AvgIpc) is 2.25. The largest absolute Gasteiger partial charge is 0.303 e. The zero-order valence-electron chi connectivity index (χ0n) is 8.55. The molecular weight excluding hydrogens is 400 g/mol. The van der Waals surface area contributed by atoms with Crippen LogP contribution in [-0.2, 0) is 11.2 Å². The third-order valence-electron chi connectivity index (χ3n) is 2.04. The summed E-state index contributed by atoms with van der Waals surface area (Å²) in [6.45, 7) is 0. The lowest BCUT2D eigenvalue weighted by Crippen LogP contribution is -1.85. The summed E-state index contributed by atoms with van der Waals surface area (Å²) >= 11 is 10.4. The van der Waals surface area contributed by atoms with E-state index in [9.17, 15) is 4.79 Å². The smallest absolute Gasteiger partial charge is 0.123 e. The van der Waals surface area contributed by atoms with E-state index in [0.717, 1.165) is 32.5 Å². The van der Waals surface area contributed by atoms with Gasteiger partial charge in [-0.15, -0.1) is 0 Å². The summed E-state index contributed by atoms with van der Waals surface area (Å²) in [5.74, 6) is 0. The third-order valence-corrected chi connectivity index (χ3v) is 5.21. The van der Waals surface area contributed by atoms with Crippen molar-refractivity contribution in [2.24, 2.45) is 0 Å². The number of aryl methyl sites for hydroxylation is 1. The van der Waals surface area contributed by atoms with Crippen LogP contribution in [0.4, 0.5) is 0 Å². The van der Waals surface area contributed by atoms with Crippen LogP contribution in [0.2, 0.25) is 0 Å². The highest BCUT2D eigenvalue weighted by atomic mass is 79.9. The van der Waals surface area contributed by atoms with E-state index in [-0.39, 0.29) is 0 Å². The number of rotatable bonds is 5. The molecule has 0 aliphatic rings. The number of carbonyl (C=O) groups excluding carboxylic acids is 1. The normalized spacial score (nSPS) is 10.9. The highest BCUT2D eigenvalue weighted by Gasteiger charge is 2.03. The summed E-state index contributed by atoms with van der Waals surface area (Å²) in [6.07, 6.45) is 7.28. The molecule has 0 bridgehead atoms. The van der Waals surface area contributed by atoms with Gasteiger partial charge < -0.3 is 4.79 Å². The van der Waals surface area contributed by atoms with Crippen molar-refractivity contribution >= 4 is 54.1 Å². The van der Waals surface area contributed by atoms with E-state index >= 15 is 0 Å². The maximum absolute atomic E-state index is 10.1. The number of benzene rings is 1. The summed E-state index contributed by atoms with van der Waals surface area (Å²) in [6, 6.07) is 4.20. The molecule has 4 heteroatoms. The molecule has 0 heterocycles. The summed E-state index contributed by atoms with van der Waals surface area (Å²) in [4.78, 5) is 10.1. The topological polar surface area (TPSA) is 17.1 Å². The highest BCUT2D eigenvalue weighted by molar-refractivity contribution is 9.14. The summed E-state index contributed by atoms with van der Waals surface area (Å²) < 4.78 is 3.13. The molecule has 1 nitrogen and oxygen atoms in total. The van der Waals surface area contributed by atoms with Crippen LogP contribution in [0.25, 0.3) is 0 Å². The fraction of sp³-hybridized carbons (Fsp3) is 0.250. The Morgan fingerprint density at radius 2 is 1.69 bits per heavy atom. The first-order chi connectivity index (χ1) is 7.65. The van der Waals surface area contributed by atoms with Crippen LogP contribution in [0.1, 0.15) is 18.4 Å². The minimum absolute atomic E-state index is 0.508. The summed E-state index contributed by atoms with van der Waals surface area (Å²) in [5.41, 5.74) is 1.26. The van der Waals surface area contributed by atoms with Gasteiger partial charge in [-0.2, -0.15) is 0 Å². The minimum atomic E-state index is 0.508. The van der Waals surface area contributed by atoms with Gasteiger partial charge in [0.2, 0.25) is 0 Å². The number of hydrogen-bond acceptors (Lipinski definition) is 1. The lowest BCUT2D eigenvalue weighted by Gasteiger charge is -2.04. The van der Waals surface area contributed by atoms with Crippen molar-refractivity contribution in [3.8, 4) is 0 Å². The molecule has 0 atom stereocenters. The number of aldehydes is 1. The Hall–Kier alpha value is 0.0700. The SMILES string of the molecule is O=CC/C=C/CCc1cc(Br)c(Br)c(Br)c1. The van der Waals surface area contributed by atoms with Crippen LogP contribution in [0.15, 0.2) is 37.7 Å².